The number of piperidine rings is 1. The third-order valence-corrected chi connectivity index (χ3v) is 8.55. The van der Waals surface area contributed by atoms with Gasteiger partial charge in [0.05, 0.1) is 15.6 Å². The molecule has 3 aromatic heterocycles. The van der Waals surface area contributed by atoms with Crippen LogP contribution in [0.25, 0.3) is 22.2 Å². The highest BCUT2D eigenvalue weighted by Crippen LogP contribution is 2.41. The molecular formula is C28H30Cl2N6O. The van der Waals surface area contributed by atoms with Crippen molar-refractivity contribution in [3.05, 3.63) is 64.5 Å². The molecule has 9 heteroatoms. The molecule has 1 aromatic carbocycles. The predicted molar refractivity (Wildman–Crippen MR) is 149 cm³/mol. The summed E-state index contributed by atoms with van der Waals surface area (Å²) in [5, 5.41) is 9.64. The molecule has 7 nitrogen and oxygen atoms in total. The zero-order valence-corrected chi connectivity index (χ0v) is 22.6. The van der Waals surface area contributed by atoms with E-state index in [0.29, 0.717) is 26.8 Å². The lowest BCUT2D eigenvalue weighted by Gasteiger charge is -2.39. The predicted octanol–water partition coefficient (Wildman–Crippen LogP) is 6.39. The lowest BCUT2D eigenvalue weighted by atomic mass is 9.78. The van der Waals surface area contributed by atoms with E-state index in [-0.39, 0.29) is 6.10 Å². The summed E-state index contributed by atoms with van der Waals surface area (Å²) in [6.45, 7) is 6.50. The molecule has 0 unspecified atom stereocenters. The van der Waals surface area contributed by atoms with Crippen LogP contribution in [0.4, 0.5) is 5.82 Å². The molecule has 0 aliphatic carbocycles. The number of pyridine rings is 2. The third-order valence-electron chi connectivity index (χ3n) is 7.94. The lowest BCUT2D eigenvalue weighted by Crippen LogP contribution is -2.41. The Labute approximate surface area is 226 Å². The van der Waals surface area contributed by atoms with Crippen LogP contribution in [-0.2, 0) is 0 Å². The van der Waals surface area contributed by atoms with Gasteiger partial charge in [0.15, 0.2) is 0 Å². The van der Waals surface area contributed by atoms with Gasteiger partial charge in [-0.25, -0.2) is 4.98 Å². The first-order valence-corrected chi connectivity index (χ1v) is 13.5. The number of benzene rings is 1. The average Bonchev–Trinajstić information content (AvgIpc) is 3.47. The van der Waals surface area contributed by atoms with Crippen molar-refractivity contribution in [1.29, 1.82) is 0 Å². The Kier molecular flexibility index (Phi) is 6.47. The Hall–Kier alpha value is -2.87. The lowest BCUT2D eigenvalue weighted by molar-refractivity contribution is 0.222. The molecule has 2 fully saturated rings. The van der Waals surface area contributed by atoms with Gasteiger partial charge in [-0.15, -0.1) is 0 Å². The minimum absolute atomic E-state index is 0.343. The van der Waals surface area contributed by atoms with Crippen molar-refractivity contribution in [2.24, 2.45) is 5.41 Å². The van der Waals surface area contributed by atoms with E-state index in [4.69, 9.17) is 32.9 Å². The summed E-state index contributed by atoms with van der Waals surface area (Å²) < 4.78 is 6.21. The smallest absolute Gasteiger partial charge is 0.128 e. The summed E-state index contributed by atoms with van der Waals surface area (Å²) in [6.07, 6.45) is 8.53. The first-order chi connectivity index (χ1) is 17.9. The minimum Gasteiger partial charge on any atom is -0.486 e. The maximum absolute atomic E-state index is 6.33. The summed E-state index contributed by atoms with van der Waals surface area (Å²) >= 11 is 12.7. The number of aromatic nitrogens is 4. The number of fused-ring (bicyclic) bond motifs is 1. The van der Waals surface area contributed by atoms with Crippen molar-refractivity contribution in [3.63, 3.8) is 0 Å². The molecular weight excluding hydrogens is 507 g/mol. The van der Waals surface area contributed by atoms with E-state index in [2.05, 4.69) is 44.2 Å². The van der Waals surface area contributed by atoms with Crippen LogP contribution in [0.15, 0.2) is 48.9 Å². The van der Waals surface area contributed by atoms with Crippen LogP contribution < -0.4 is 9.64 Å². The number of rotatable bonds is 5. The monoisotopic (exact) mass is 536 g/mol. The highest BCUT2D eigenvalue weighted by Gasteiger charge is 2.39. The SMILES string of the molecule is C[C@@H](Oc1ccc2[nH]nc(-c3ccc(N4CCC5(CCN(C)C5)CC4)nc3)c2c1)c1c(Cl)cncc1Cl. The Balaban J connectivity index is 1.19. The first kappa shape index (κ1) is 24.5. The first-order valence-electron chi connectivity index (χ1n) is 12.7. The van der Waals surface area contributed by atoms with Gasteiger partial charge in [-0.1, -0.05) is 23.2 Å². The van der Waals surface area contributed by atoms with E-state index in [9.17, 15) is 0 Å². The molecule has 1 atom stereocenters. The molecule has 2 saturated heterocycles. The van der Waals surface area contributed by atoms with Crippen LogP contribution in [0, 0.1) is 5.41 Å². The molecule has 0 radical (unpaired) electrons. The van der Waals surface area contributed by atoms with Gasteiger partial charge in [0, 0.05) is 54.7 Å². The Morgan fingerprint density at radius 3 is 2.43 bits per heavy atom. The molecule has 2 aliphatic heterocycles. The Bertz CT molecular complexity index is 1390. The van der Waals surface area contributed by atoms with Crippen molar-refractivity contribution in [2.75, 3.05) is 38.1 Å². The van der Waals surface area contributed by atoms with Crippen molar-refractivity contribution >= 4 is 39.9 Å². The van der Waals surface area contributed by atoms with Crippen LogP contribution in [0.2, 0.25) is 10.0 Å². The third kappa shape index (κ3) is 4.76. The number of anilines is 1. The van der Waals surface area contributed by atoms with Crippen LogP contribution >= 0.6 is 23.2 Å². The number of hydrogen-bond acceptors (Lipinski definition) is 6. The molecule has 2 aliphatic rings. The zero-order chi connectivity index (χ0) is 25.6. The standard InChI is InChI=1S/C28H30Cl2N6O/c1-18(26-22(29)15-31-16-23(26)30)37-20-4-5-24-21(13-20)27(34-33-24)19-3-6-25(32-14-19)36-11-8-28(9-12-36)7-10-35(2)17-28/h3-6,13-16,18H,7-12,17H2,1-2H3,(H,33,34)/t18-/m1/s1. The number of H-pyrrole nitrogens is 1. The fraction of sp³-hybridized carbons (Fsp3) is 0.393. The topological polar surface area (TPSA) is 70.2 Å². The Morgan fingerprint density at radius 1 is 1.00 bits per heavy atom. The Morgan fingerprint density at radius 2 is 1.76 bits per heavy atom. The van der Waals surface area contributed by atoms with Crippen LogP contribution in [-0.4, -0.2) is 58.3 Å². The van der Waals surface area contributed by atoms with E-state index in [0.717, 1.165) is 41.1 Å². The summed E-state index contributed by atoms with van der Waals surface area (Å²) in [5.41, 5.74) is 3.96. The molecule has 4 aromatic rings. The van der Waals surface area contributed by atoms with Crippen molar-refractivity contribution < 1.29 is 4.74 Å². The number of hydrogen-bond donors (Lipinski definition) is 1. The normalized spacial score (nSPS) is 18.5. The van der Waals surface area contributed by atoms with Crippen molar-refractivity contribution in [3.8, 4) is 17.0 Å². The maximum atomic E-state index is 6.33. The highest BCUT2D eigenvalue weighted by molar-refractivity contribution is 6.35. The zero-order valence-electron chi connectivity index (χ0n) is 21.0. The molecule has 0 amide bonds. The second-order valence-corrected chi connectivity index (χ2v) is 11.3. The van der Waals surface area contributed by atoms with Crippen molar-refractivity contribution in [1.82, 2.24) is 25.1 Å². The van der Waals surface area contributed by atoms with E-state index < -0.39 is 0 Å². The van der Waals surface area contributed by atoms with Gasteiger partial charge < -0.3 is 14.5 Å². The number of likely N-dealkylation sites (tertiary alicyclic amines) is 1. The second kappa shape index (κ2) is 9.78. The van der Waals surface area contributed by atoms with Crippen molar-refractivity contribution in [2.45, 2.75) is 32.3 Å². The number of nitrogens with one attached hydrogen (secondary N) is 1. The van der Waals surface area contributed by atoms with Gasteiger partial charge in [0.1, 0.15) is 23.4 Å². The van der Waals surface area contributed by atoms with Gasteiger partial charge in [0.2, 0.25) is 0 Å². The van der Waals surface area contributed by atoms with Crippen LogP contribution in [0.1, 0.15) is 37.9 Å². The molecule has 5 heterocycles. The van der Waals surface area contributed by atoms with Gasteiger partial charge >= 0.3 is 0 Å². The van der Waals surface area contributed by atoms with E-state index in [1.54, 1.807) is 12.4 Å². The van der Waals surface area contributed by atoms with E-state index >= 15 is 0 Å². The fourth-order valence-electron chi connectivity index (χ4n) is 5.85. The molecule has 0 bridgehead atoms. The quantitative estimate of drug-likeness (QED) is 0.318. The van der Waals surface area contributed by atoms with Gasteiger partial charge in [-0.05, 0) is 75.5 Å². The van der Waals surface area contributed by atoms with Gasteiger partial charge in [-0.2, -0.15) is 5.10 Å². The van der Waals surface area contributed by atoms with Crippen LogP contribution in [0.3, 0.4) is 0 Å². The van der Waals surface area contributed by atoms with E-state index in [1.807, 2.05) is 31.3 Å². The molecule has 192 valence electrons. The number of halogens is 2. The van der Waals surface area contributed by atoms with Gasteiger partial charge in [-0.3, -0.25) is 10.1 Å². The molecule has 6 rings (SSSR count). The largest absolute Gasteiger partial charge is 0.486 e. The molecule has 1 N–H and O–H groups in total. The number of ether oxygens (including phenoxy) is 1. The minimum atomic E-state index is -0.343. The maximum Gasteiger partial charge on any atom is 0.128 e. The fourth-order valence-corrected chi connectivity index (χ4v) is 6.52. The van der Waals surface area contributed by atoms with Gasteiger partial charge in [0.25, 0.3) is 0 Å². The van der Waals surface area contributed by atoms with E-state index in [1.165, 1.54) is 32.4 Å². The summed E-state index contributed by atoms with van der Waals surface area (Å²) in [7, 11) is 2.24. The molecule has 37 heavy (non-hydrogen) atoms. The van der Waals surface area contributed by atoms with Crippen LogP contribution in [0.5, 0.6) is 5.75 Å². The average molecular weight is 537 g/mol. The molecule has 0 saturated carbocycles. The number of aromatic amines is 1. The second-order valence-electron chi connectivity index (χ2n) is 10.4. The summed E-state index contributed by atoms with van der Waals surface area (Å²) in [6, 6.07) is 10.1. The summed E-state index contributed by atoms with van der Waals surface area (Å²) in [5.74, 6) is 1.74. The molecule has 1 spiro atoms. The summed E-state index contributed by atoms with van der Waals surface area (Å²) in [4.78, 5) is 13.7. The highest BCUT2D eigenvalue weighted by atomic mass is 35.5. The number of nitrogens with zero attached hydrogens (tertiary/aromatic N) is 5.